The third-order valence-electron chi connectivity index (χ3n) is 5.18. The normalized spacial score (nSPS) is 31.8. The molecule has 0 bridgehead atoms. The highest BCUT2D eigenvalue weighted by Crippen LogP contribution is 2.29. The van der Waals surface area contributed by atoms with Crippen molar-refractivity contribution >= 4 is 18.3 Å². The summed E-state index contributed by atoms with van der Waals surface area (Å²) in [5.41, 5.74) is 0. The predicted octanol–water partition coefficient (Wildman–Crippen LogP) is 3.22. The summed E-state index contributed by atoms with van der Waals surface area (Å²) >= 11 is 0. The van der Waals surface area contributed by atoms with E-state index in [1.54, 1.807) is 0 Å². The van der Waals surface area contributed by atoms with Crippen LogP contribution >= 0.6 is 12.4 Å². The molecule has 118 valence electrons. The van der Waals surface area contributed by atoms with E-state index in [1.165, 1.54) is 25.7 Å². The van der Waals surface area contributed by atoms with Crippen molar-refractivity contribution in [2.24, 2.45) is 11.8 Å². The first kappa shape index (κ1) is 17.8. The molecule has 2 heterocycles. The zero-order valence-corrected chi connectivity index (χ0v) is 14.0. The van der Waals surface area contributed by atoms with E-state index in [-0.39, 0.29) is 12.4 Å². The van der Waals surface area contributed by atoms with Crippen molar-refractivity contribution in [2.75, 3.05) is 13.1 Å². The van der Waals surface area contributed by atoms with Crippen LogP contribution in [0.15, 0.2) is 0 Å². The van der Waals surface area contributed by atoms with Crippen molar-refractivity contribution < 1.29 is 4.79 Å². The molecule has 2 aliphatic rings. The van der Waals surface area contributed by atoms with Gasteiger partial charge in [0, 0.05) is 18.5 Å². The minimum Gasteiger partial charge on any atom is -0.337 e. The third-order valence-corrected chi connectivity index (χ3v) is 5.18. The first-order valence-corrected chi connectivity index (χ1v) is 8.15. The summed E-state index contributed by atoms with van der Waals surface area (Å²) < 4.78 is 0. The molecule has 2 aliphatic heterocycles. The van der Waals surface area contributed by atoms with E-state index in [4.69, 9.17) is 0 Å². The van der Waals surface area contributed by atoms with Crippen LogP contribution in [0.25, 0.3) is 0 Å². The Bertz CT molecular complexity index is 305. The number of carbonyl (C=O) groups is 1. The zero-order valence-electron chi connectivity index (χ0n) is 13.2. The fourth-order valence-corrected chi connectivity index (χ4v) is 3.83. The van der Waals surface area contributed by atoms with Gasteiger partial charge in [0.1, 0.15) is 0 Å². The summed E-state index contributed by atoms with van der Waals surface area (Å²) in [5.74, 6) is 1.61. The van der Waals surface area contributed by atoms with Crippen molar-refractivity contribution in [3.63, 3.8) is 0 Å². The highest BCUT2D eigenvalue weighted by atomic mass is 35.5. The number of rotatable bonds is 4. The summed E-state index contributed by atoms with van der Waals surface area (Å²) in [6.45, 7) is 8.93. The summed E-state index contributed by atoms with van der Waals surface area (Å²) in [5, 5.41) is 3.46. The second-order valence-corrected chi connectivity index (χ2v) is 6.58. The van der Waals surface area contributed by atoms with Gasteiger partial charge in [-0.05, 0) is 64.0 Å². The lowest BCUT2D eigenvalue weighted by Crippen LogP contribution is -2.42. The van der Waals surface area contributed by atoms with Crippen LogP contribution in [0.2, 0.25) is 0 Å². The Morgan fingerprint density at radius 2 is 2.10 bits per heavy atom. The number of halogens is 1. The van der Waals surface area contributed by atoms with Crippen LogP contribution in [0.4, 0.5) is 0 Å². The first-order valence-electron chi connectivity index (χ1n) is 8.15. The molecule has 0 aromatic rings. The number of carbonyl (C=O) groups excluding carboxylic acids is 1. The van der Waals surface area contributed by atoms with Gasteiger partial charge in [0.15, 0.2) is 0 Å². The molecule has 4 heteroatoms. The van der Waals surface area contributed by atoms with Gasteiger partial charge < -0.3 is 10.2 Å². The van der Waals surface area contributed by atoms with E-state index in [9.17, 15) is 4.79 Å². The SMILES string of the molecule is CCC1CCC(C)N1C(=O)CC(C)C1CCCNC1.Cl. The molecule has 0 aromatic carbocycles. The Hall–Kier alpha value is -0.280. The minimum absolute atomic E-state index is 0. The lowest BCUT2D eigenvalue weighted by molar-refractivity contribution is -0.135. The summed E-state index contributed by atoms with van der Waals surface area (Å²) in [6.07, 6.45) is 6.78. The molecule has 4 atom stereocenters. The molecule has 1 N–H and O–H groups in total. The highest BCUT2D eigenvalue weighted by Gasteiger charge is 2.34. The van der Waals surface area contributed by atoms with Crippen LogP contribution in [-0.2, 0) is 4.79 Å². The number of nitrogens with zero attached hydrogens (tertiary/aromatic N) is 1. The summed E-state index contributed by atoms with van der Waals surface area (Å²) in [6, 6.07) is 0.952. The maximum absolute atomic E-state index is 12.6. The van der Waals surface area contributed by atoms with Crippen LogP contribution in [0.5, 0.6) is 0 Å². The third kappa shape index (κ3) is 4.11. The highest BCUT2D eigenvalue weighted by molar-refractivity contribution is 5.85. The van der Waals surface area contributed by atoms with Crippen LogP contribution in [0.3, 0.4) is 0 Å². The van der Waals surface area contributed by atoms with E-state index < -0.39 is 0 Å². The number of amides is 1. The van der Waals surface area contributed by atoms with Crippen LogP contribution in [-0.4, -0.2) is 36.0 Å². The Kier molecular flexibility index (Phi) is 7.32. The van der Waals surface area contributed by atoms with E-state index in [2.05, 4.69) is 31.0 Å². The molecular formula is C16H31ClN2O. The van der Waals surface area contributed by atoms with Crippen molar-refractivity contribution in [1.29, 1.82) is 0 Å². The molecule has 0 saturated carbocycles. The van der Waals surface area contributed by atoms with Crippen LogP contribution in [0.1, 0.15) is 59.3 Å². The topological polar surface area (TPSA) is 32.3 Å². The van der Waals surface area contributed by atoms with Gasteiger partial charge in [-0.3, -0.25) is 4.79 Å². The molecule has 2 rings (SSSR count). The quantitative estimate of drug-likeness (QED) is 0.865. The Morgan fingerprint density at radius 1 is 1.35 bits per heavy atom. The lowest BCUT2D eigenvalue weighted by Gasteiger charge is -2.32. The molecule has 2 fully saturated rings. The molecule has 3 nitrogen and oxygen atoms in total. The second-order valence-electron chi connectivity index (χ2n) is 6.58. The van der Waals surface area contributed by atoms with Crippen molar-refractivity contribution in [1.82, 2.24) is 10.2 Å². The smallest absolute Gasteiger partial charge is 0.223 e. The number of hydrogen-bond donors (Lipinski definition) is 1. The first-order chi connectivity index (χ1) is 9.13. The number of piperidine rings is 1. The van der Waals surface area contributed by atoms with E-state index in [0.29, 0.717) is 29.8 Å². The van der Waals surface area contributed by atoms with Gasteiger partial charge >= 0.3 is 0 Å². The molecule has 4 unspecified atom stereocenters. The lowest BCUT2D eigenvalue weighted by atomic mass is 9.85. The molecule has 2 saturated heterocycles. The van der Waals surface area contributed by atoms with Gasteiger partial charge in [0.25, 0.3) is 0 Å². The molecule has 0 spiro atoms. The maximum Gasteiger partial charge on any atom is 0.223 e. The monoisotopic (exact) mass is 302 g/mol. The van der Waals surface area contributed by atoms with Gasteiger partial charge in [0.2, 0.25) is 5.91 Å². The van der Waals surface area contributed by atoms with Crippen molar-refractivity contribution in [3.8, 4) is 0 Å². The largest absolute Gasteiger partial charge is 0.337 e. The number of nitrogens with one attached hydrogen (secondary N) is 1. The fraction of sp³-hybridized carbons (Fsp3) is 0.938. The molecule has 1 amide bonds. The second kappa shape index (κ2) is 8.23. The van der Waals surface area contributed by atoms with Gasteiger partial charge in [-0.1, -0.05) is 13.8 Å². The average molecular weight is 303 g/mol. The fourth-order valence-electron chi connectivity index (χ4n) is 3.83. The Balaban J connectivity index is 0.00000200. The average Bonchev–Trinajstić information content (AvgIpc) is 2.80. The van der Waals surface area contributed by atoms with E-state index >= 15 is 0 Å². The predicted molar refractivity (Wildman–Crippen MR) is 86.2 cm³/mol. The molecular weight excluding hydrogens is 272 g/mol. The van der Waals surface area contributed by atoms with Gasteiger partial charge in [0.05, 0.1) is 0 Å². The molecule has 0 radical (unpaired) electrons. The van der Waals surface area contributed by atoms with Crippen LogP contribution < -0.4 is 5.32 Å². The van der Waals surface area contributed by atoms with Gasteiger partial charge in [-0.2, -0.15) is 0 Å². The van der Waals surface area contributed by atoms with Crippen LogP contribution in [0, 0.1) is 11.8 Å². The van der Waals surface area contributed by atoms with Gasteiger partial charge in [-0.15, -0.1) is 12.4 Å². The van der Waals surface area contributed by atoms with Crippen molar-refractivity contribution in [2.45, 2.75) is 71.4 Å². The van der Waals surface area contributed by atoms with E-state index in [0.717, 1.165) is 25.9 Å². The molecule has 0 aromatic heterocycles. The number of hydrogen-bond acceptors (Lipinski definition) is 2. The van der Waals surface area contributed by atoms with E-state index in [1.807, 2.05) is 0 Å². The summed E-state index contributed by atoms with van der Waals surface area (Å²) in [4.78, 5) is 14.8. The standard InChI is InChI=1S/C16H30N2O.ClH/c1-4-15-8-7-13(3)18(15)16(19)10-12(2)14-6-5-9-17-11-14;/h12-15,17H,4-11H2,1-3H3;1H. The van der Waals surface area contributed by atoms with Crippen molar-refractivity contribution in [3.05, 3.63) is 0 Å². The minimum atomic E-state index is 0. The zero-order chi connectivity index (χ0) is 13.8. The van der Waals surface area contributed by atoms with Gasteiger partial charge in [-0.25, -0.2) is 0 Å². The summed E-state index contributed by atoms with van der Waals surface area (Å²) in [7, 11) is 0. The maximum atomic E-state index is 12.6. The molecule has 20 heavy (non-hydrogen) atoms. The Labute approximate surface area is 130 Å². The number of likely N-dealkylation sites (tertiary alicyclic amines) is 1. The molecule has 0 aliphatic carbocycles. The Morgan fingerprint density at radius 3 is 2.70 bits per heavy atom.